The normalized spacial score (nSPS) is 14.3. The molecule has 0 aromatic rings. The fraction of sp³-hybridized carbons (Fsp3) is 0.649. The van der Waals surface area contributed by atoms with Crippen molar-refractivity contribution in [1.29, 1.82) is 0 Å². The minimum absolute atomic E-state index is 0.0411. The van der Waals surface area contributed by atoms with Crippen molar-refractivity contribution in [3.63, 3.8) is 0 Å². The van der Waals surface area contributed by atoms with Gasteiger partial charge in [0.25, 0.3) is 7.82 Å². The van der Waals surface area contributed by atoms with Gasteiger partial charge in [0.05, 0.1) is 27.7 Å². The summed E-state index contributed by atoms with van der Waals surface area (Å²) in [5.41, 5.74) is 0. The third-order valence-corrected chi connectivity index (χ3v) is 11.5. The van der Waals surface area contributed by atoms with Crippen molar-refractivity contribution < 1.29 is 42.1 Å². The quantitative estimate of drug-likeness (QED) is 0.0195. The van der Waals surface area contributed by atoms with E-state index in [2.05, 4.69) is 123 Å². The molecule has 0 N–H and O–H groups in total. The van der Waals surface area contributed by atoms with Crippen molar-refractivity contribution in [3.05, 3.63) is 109 Å². The highest BCUT2D eigenvalue weighted by Gasteiger charge is 2.21. The van der Waals surface area contributed by atoms with Gasteiger partial charge in [-0.15, -0.1) is 0 Å². The highest BCUT2D eigenvalue weighted by Crippen LogP contribution is 2.38. The number of allylic oxidation sites excluding steroid dienone is 18. The molecule has 0 saturated carbocycles. The van der Waals surface area contributed by atoms with Crippen LogP contribution in [0.4, 0.5) is 0 Å². The second-order valence-electron chi connectivity index (χ2n) is 18.1. The fourth-order valence-electron chi connectivity index (χ4n) is 6.49. The first-order valence-corrected chi connectivity index (χ1v) is 27.6. The van der Waals surface area contributed by atoms with Gasteiger partial charge < -0.3 is 27.9 Å². The number of carbonyl (C=O) groups excluding carboxylic acids is 2. The lowest BCUT2D eigenvalue weighted by Crippen LogP contribution is -2.37. The number of phosphoric acid groups is 1. The zero-order valence-electron chi connectivity index (χ0n) is 43.1. The molecule has 0 saturated heterocycles. The van der Waals surface area contributed by atoms with E-state index in [1.807, 2.05) is 21.1 Å². The van der Waals surface area contributed by atoms with Crippen molar-refractivity contribution in [2.24, 2.45) is 0 Å². The number of hydrogen-bond donors (Lipinski definition) is 0. The zero-order valence-corrected chi connectivity index (χ0v) is 43.9. The van der Waals surface area contributed by atoms with E-state index >= 15 is 0 Å². The summed E-state index contributed by atoms with van der Waals surface area (Å²) in [6.07, 6.45) is 65.6. The maximum atomic E-state index is 12.7. The largest absolute Gasteiger partial charge is 0.756 e. The first kappa shape index (κ1) is 63.7. The summed E-state index contributed by atoms with van der Waals surface area (Å²) in [5.74, 6) is -0.871. The van der Waals surface area contributed by atoms with Crippen LogP contribution in [0, 0.1) is 0 Å². The van der Waals surface area contributed by atoms with Gasteiger partial charge in [0.2, 0.25) is 0 Å². The Hall–Kier alpha value is -3.33. The van der Waals surface area contributed by atoms with Gasteiger partial charge in [-0.2, -0.15) is 0 Å². The molecule has 10 heteroatoms. The Kier molecular flexibility index (Phi) is 45.4. The molecule has 0 radical (unpaired) electrons. The summed E-state index contributed by atoms with van der Waals surface area (Å²) in [7, 11) is 1.13. The summed E-state index contributed by atoms with van der Waals surface area (Å²) in [6.45, 7) is 4.04. The van der Waals surface area contributed by atoms with Gasteiger partial charge in [-0.05, 0) is 103 Å². The average molecular weight is 954 g/mol. The predicted molar refractivity (Wildman–Crippen MR) is 282 cm³/mol. The highest BCUT2D eigenvalue weighted by molar-refractivity contribution is 7.45. The molecule has 0 aromatic carbocycles. The number of unbranched alkanes of at least 4 members (excludes halogenated alkanes) is 14. The summed E-state index contributed by atoms with van der Waals surface area (Å²) in [4.78, 5) is 37.7. The van der Waals surface area contributed by atoms with Crippen molar-refractivity contribution in [1.82, 2.24) is 0 Å². The van der Waals surface area contributed by atoms with Crippen LogP contribution < -0.4 is 4.89 Å². The van der Waals surface area contributed by atoms with Gasteiger partial charge >= 0.3 is 11.9 Å². The number of nitrogens with zero attached hydrogens (tertiary/aromatic N) is 1. The molecule has 0 amide bonds. The van der Waals surface area contributed by atoms with Crippen LogP contribution in [-0.4, -0.2) is 70.0 Å². The number of carbonyl (C=O) groups is 2. The number of esters is 2. The van der Waals surface area contributed by atoms with Crippen molar-refractivity contribution in [3.8, 4) is 0 Å². The van der Waals surface area contributed by atoms with Gasteiger partial charge in [0.15, 0.2) is 6.10 Å². The Labute approximate surface area is 410 Å². The molecular formula is C57H96NO8P. The molecule has 0 aliphatic carbocycles. The highest BCUT2D eigenvalue weighted by atomic mass is 31.2. The van der Waals surface area contributed by atoms with Gasteiger partial charge in [0, 0.05) is 12.8 Å². The second kappa shape index (κ2) is 47.7. The van der Waals surface area contributed by atoms with Crippen LogP contribution in [-0.2, 0) is 32.7 Å². The summed E-state index contributed by atoms with van der Waals surface area (Å²) in [5, 5.41) is 0. The summed E-state index contributed by atoms with van der Waals surface area (Å²) in [6, 6.07) is 0. The number of hydrogen-bond acceptors (Lipinski definition) is 8. The Bertz CT molecular complexity index is 1500. The molecular weight excluding hydrogens is 858 g/mol. The average Bonchev–Trinajstić information content (AvgIpc) is 3.29. The first-order chi connectivity index (χ1) is 32.5. The van der Waals surface area contributed by atoms with Crippen LogP contribution in [0.5, 0.6) is 0 Å². The third-order valence-electron chi connectivity index (χ3n) is 10.5. The summed E-state index contributed by atoms with van der Waals surface area (Å²) < 4.78 is 34.0. The molecule has 0 fully saturated rings. The van der Waals surface area contributed by atoms with E-state index in [4.69, 9.17) is 18.5 Å². The molecule has 382 valence electrons. The molecule has 0 rings (SSSR count). The number of likely N-dealkylation sites (N-methyl/N-ethyl adjacent to an activating group) is 1. The van der Waals surface area contributed by atoms with Crippen LogP contribution in [0.2, 0.25) is 0 Å². The lowest BCUT2D eigenvalue weighted by Gasteiger charge is -2.28. The summed E-state index contributed by atoms with van der Waals surface area (Å²) >= 11 is 0. The van der Waals surface area contributed by atoms with E-state index in [0.717, 1.165) is 128 Å². The van der Waals surface area contributed by atoms with Crippen LogP contribution >= 0.6 is 7.82 Å². The standard InChI is InChI=1S/C57H96NO8P/c1-6-8-10-12-14-16-18-20-21-22-23-24-25-26-27-28-29-30-31-32-33-34-35-36-37-38-40-42-44-46-48-50-57(60)66-55(54-65-67(61,62)64-52-51-58(3,4)5)53-63-56(59)49-47-45-43-41-39-19-17-15-13-11-9-7-2/h8,10,14-17,20-21,23-24,26-27,29-30,32-33,35-36,55H,6-7,9,11-13,18-19,22,25,28,31,34,37-54H2,1-5H3/b10-8-,16-14-,17-15-,21-20-,24-23-,27-26-,30-29-,33-32-,36-35-. The molecule has 2 atom stereocenters. The minimum atomic E-state index is -4.64. The van der Waals surface area contributed by atoms with Crippen molar-refractivity contribution >= 4 is 19.8 Å². The Morgan fingerprint density at radius 2 is 0.851 bits per heavy atom. The molecule has 0 heterocycles. The molecule has 0 aliphatic rings. The smallest absolute Gasteiger partial charge is 0.306 e. The number of ether oxygens (including phenoxy) is 2. The molecule has 0 spiro atoms. The number of phosphoric ester groups is 1. The maximum absolute atomic E-state index is 12.7. The van der Waals surface area contributed by atoms with E-state index in [0.29, 0.717) is 23.9 Å². The van der Waals surface area contributed by atoms with E-state index in [1.54, 1.807) is 0 Å². The van der Waals surface area contributed by atoms with Crippen LogP contribution in [0.15, 0.2) is 109 Å². The molecule has 9 nitrogen and oxygen atoms in total. The van der Waals surface area contributed by atoms with Crippen molar-refractivity contribution in [2.75, 3.05) is 47.5 Å². The fourth-order valence-corrected chi connectivity index (χ4v) is 7.22. The molecule has 0 aromatic heterocycles. The topological polar surface area (TPSA) is 111 Å². The van der Waals surface area contributed by atoms with Crippen LogP contribution in [0.25, 0.3) is 0 Å². The molecule has 0 aliphatic heterocycles. The number of rotatable bonds is 46. The SMILES string of the molecule is CC/C=C\C/C=C\C/C=C\C/C=C\C/C=C\C/C=C\C/C=C\C/C=C\CCCCCCCCC(=O)OC(COC(=O)CCCCCCC/C=C\CCCCC)COP(=O)([O-])OCC[N+](C)(C)C. The molecule has 67 heavy (non-hydrogen) atoms. The zero-order chi connectivity index (χ0) is 49.2. The van der Waals surface area contributed by atoms with Gasteiger partial charge in [-0.1, -0.05) is 181 Å². The van der Waals surface area contributed by atoms with E-state index in [9.17, 15) is 19.0 Å². The van der Waals surface area contributed by atoms with Crippen LogP contribution in [0.3, 0.4) is 0 Å². The number of quaternary nitrogens is 1. The maximum Gasteiger partial charge on any atom is 0.306 e. The Morgan fingerprint density at radius 3 is 1.28 bits per heavy atom. The second-order valence-corrected chi connectivity index (χ2v) is 19.6. The Morgan fingerprint density at radius 1 is 0.478 bits per heavy atom. The monoisotopic (exact) mass is 954 g/mol. The molecule has 2 unspecified atom stereocenters. The van der Waals surface area contributed by atoms with E-state index in [-0.39, 0.29) is 26.1 Å². The first-order valence-electron chi connectivity index (χ1n) is 26.1. The van der Waals surface area contributed by atoms with Gasteiger partial charge in [-0.25, -0.2) is 0 Å². The minimum Gasteiger partial charge on any atom is -0.756 e. The predicted octanol–water partition coefficient (Wildman–Crippen LogP) is 15.2. The van der Waals surface area contributed by atoms with Crippen LogP contribution in [0.1, 0.15) is 187 Å². The molecule has 0 bridgehead atoms. The van der Waals surface area contributed by atoms with Gasteiger partial charge in [-0.3, -0.25) is 14.2 Å². The van der Waals surface area contributed by atoms with Crippen molar-refractivity contribution in [2.45, 2.75) is 193 Å². The van der Waals surface area contributed by atoms with E-state index < -0.39 is 32.5 Å². The van der Waals surface area contributed by atoms with E-state index in [1.165, 1.54) is 19.3 Å². The lowest BCUT2D eigenvalue weighted by atomic mass is 10.1. The third kappa shape index (κ3) is 51.9. The van der Waals surface area contributed by atoms with Gasteiger partial charge in [0.1, 0.15) is 19.8 Å². The lowest BCUT2D eigenvalue weighted by molar-refractivity contribution is -0.870. The Balaban J connectivity index is 4.24.